The second-order valence-corrected chi connectivity index (χ2v) is 9.25. The lowest BCUT2D eigenvalue weighted by atomic mass is 10.0. The number of benzene rings is 3. The third kappa shape index (κ3) is 6.00. The maximum Gasteiger partial charge on any atom is 0.303 e. The molecular formula is C30H28N4O5. The Balaban J connectivity index is 1.36. The molecule has 39 heavy (non-hydrogen) atoms. The highest BCUT2D eigenvalue weighted by Crippen LogP contribution is 2.33. The number of aliphatic hydroxyl groups is 1. The van der Waals surface area contributed by atoms with Crippen molar-refractivity contribution < 1.29 is 24.5 Å². The molecule has 0 radical (unpaired) electrons. The molecule has 1 atom stereocenters. The maximum absolute atomic E-state index is 11.6. The number of hydrogen-bond donors (Lipinski definition) is 5. The lowest BCUT2D eigenvalue weighted by Crippen LogP contribution is -2.19. The van der Waals surface area contributed by atoms with E-state index < -0.39 is 12.1 Å². The number of carbonyl (C=O) groups is 2. The van der Waals surface area contributed by atoms with E-state index in [-0.39, 0.29) is 12.3 Å². The first-order chi connectivity index (χ1) is 18.9. The average molecular weight is 525 g/mol. The van der Waals surface area contributed by atoms with E-state index in [1.807, 2.05) is 60.8 Å². The molecule has 0 aliphatic heterocycles. The molecule has 3 aromatic carbocycles. The zero-order valence-electron chi connectivity index (χ0n) is 21.3. The van der Waals surface area contributed by atoms with Crippen molar-refractivity contribution in [3.05, 3.63) is 102 Å². The van der Waals surface area contributed by atoms with Gasteiger partial charge in [0.05, 0.1) is 11.9 Å². The van der Waals surface area contributed by atoms with E-state index in [1.165, 1.54) is 6.92 Å². The number of carboxylic acid groups (broad SMARTS) is 1. The minimum Gasteiger partial charge on any atom is -0.481 e. The molecule has 0 bridgehead atoms. The highest BCUT2D eigenvalue weighted by atomic mass is 16.5. The summed E-state index contributed by atoms with van der Waals surface area (Å²) < 4.78 is 6.26. The first-order valence-corrected chi connectivity index (χ1v) is 12.5. The molecule has 1 amide bonds. The van der Waals surface area contributed by atoms with E-state index in [9.17, 15) is 14.7 Å². The van der Waals surface area contributed by atoms with Crippen LogP contribution < -0.4 is 10.1 Å². The summed E-state index contributed by atoms with van der Waals surface area (Å²) >= 11 is 0. The number of nitrogens with one attached hydrogen (secondary N) is 3. The van der Waals surface area contributed by atoms with Gasteiger partial charge in [-0.2, -0.15) is 0 Å². The number of carbonyl (C=O) groups excluding carboxylic acids is 1. The Morgan fingerprint density at radius 2 is 1.92 bits per heavy atom. The van der Waals surface area contributed by atoms with Crippen LogP contribution in [-0.4, -0.2) is 37.0 Å². The van der Waals surface area contributed by atoms with E-state index in [4.69, 9.17) is 9.84 Å². The van der Waals surface area contributed by atoms with Crippen LogP contribution in [0.2, 0.25) is 0 Å². The summed E-state index contributed by atoms with van der Waals surface area (Å²) in [6.45, 7) is 1.81. The van der Waals surface area contributed by atoms with Crippen molar-refractivity contribution in [2.75, 3.05) is 0 Å². The monoisotopic (exact) mass is 524 g/mol. The van der Waals surface area contributed by atoms with E-state index >= 15 is 0 Å². The zero-order valence-corrected chi connectivity index (χ0v) is 21.3. The SMILES string of the molecule is CC(=O)NCc1c(Oc2cccc(-c3ncc(C(O)c4cccc(CCC(=O)O)c4)[nH]3)c2)ccc2[nH]ccc12. The fourth-order valence-electron chi connectivity index (χ4n) is 4.47. The molecule has 0 aliphatic carbocycles. The predicted octanol–water partition coefficient (Wildman–Crippen LogP) is 5.09. The van der Waals surface area contributed by atoms with Gasteiger partial charge in [-0.3, -0.25) is 9.59 Å². The minimum atomic E-state index is -0.945. The summed E-state index contributed by atoms with van der Waals surface area (Å²) in [5.41, 5.74) is 4.59. The fourth-order valence-corrected chi connectivity index (χ4v) is 4.47. The normalized spacial score (nSPS) is 11.8. The molecule has 1 unspecified atom stereocenters. The zero-order chi connectivity index (χ0) is 27.4. The van der Waals surface area contributed by atoms with Gasteiger partial charge in [-0.1, -0.05) is 36.4 Å². The van der Waals surface area contributed by atoms with Gasteiger partial charge in [-0.25, -0.2) is 4.98 Å². The molecule has 198 valence electrons. The second kappa shape index (κ2) is 11.2. The van der Waals surface area contributed by atoms with Gasteiger partial charge >= 0.3 is 5.97 Å². The van der Waals surface area contributed by atoms with E-state index in [0.29, 0.717) is 41.5 Å². The van der Waals surface area contributed by atoms with Crippen molar-refractivity contribution in [3.63, 3.8) is 0 Å². The van der Waals surface area contributed by atoms with Gasteiger partial charge in [-0.05, 0) is 47.9 Å². The number of aromatic nitrogens is 3. The summed E-state index contributed by atoms with van der Waals surface area (Å²) in [6, 6.07) is 20.5. The van der Waals surface area contributed by atoms with Crippen LogP contribution in [0.4, 0.5) is 0 Å². The van der Waals surface area contributed by atoms with Gasteiger partial charge in [0.15, 0.2) is 0 Å². The molecule has 0 fully saturated rings. The summed E-state index contributed by atoms with van der Waals surface area (Å²) in [6.07, 6.45) is 2.91. The molecule has 0 saturated heterocycles. The number of amides is 1. The van der Waals surface area contributed by atoms with Crippen LogP contribution in [0.3, 0.4) is 0 Å². The molecule has 9 heteroatoms. The Morgan fingerprint density at radius 3 is 2.74 bits per heavy atom. The Hall–Kier alpha value is -4.89. The average Bonchev–Trinajstić information content (AvgIpc) is 3.61. The third-order valence-electron chi connectivity index (χ3n) is 6.44. The molecule has 5 aromatic rings. The summed E-state index contributed by atoms with van der Waals surface area (Å²) in [5, 5.41) is 23.7. The second-order valence-electron chi connectivity index (χ2n) is 9.25. The first-order valence-electron chi connectivity index (χ1n) is 12.5. The van der Waals surface area contributed by atoms with Crippen molar-refractivity contribution in [3.8, 4) is 22.9 Å². The largest absolute Gasteiger partial charge is 0.481 e. The topological polar surface area (TPSA) is 140 Å². The van der Waals surface area contributed by atoms with Crippen molar-refractivity contribution in [2.24, 2.45) is 0 Å². The number of imidazole rings is 1. The Labute approximate surface area is 224 Å². The number of nitrogens with zero attached hydrogens (tertiary/aromatic N) is 1. The number of aromatic amines is 2. The number of rotatable bonds is 10. The Kier molecular flexibility index (Phi) is 7.42. The molecule has 5 rings (SSSR count). The summed E-state index contributed by atoms with van der Waals surface area (Å²) in [7, 11) is 0. The Morgan fingerprint density at radius 1 is 1.08 bits per heavy atom. The summed E-state index contributed by atoms with van der Waals surface area (Å²) in [4.78, 5) is 33.3. The third-order valence-corrected chi connectivity index (χ3v) is 6.44. The van der Waals surface area contributed by atoms with Crippen LogP contribution in [0.5, 0.6) is 11.5 Å². The molecule has 9 nitrogen and oxygen atoms in total. The lowest BCUT2D eigenvalue weighted by Gasteiger charge is -2.13. The standard InChI is InChI=1S/C30H28N4O5/c1-18(35)32-16-24-23-12-13-31-25(23)9-10-27(24)39-22-7-3-6-21(15-22)30-33-17-26(34-30)29(38)20-5-2-4-19(14-20)8-11-28(36)37/h2-7,9-10,12-15,17,29,31,38H,8,11,16H2,1H3,(H,32,35)(H,33,34)(H,36,37). The van der Waals surface area contributed by atoms with Crippen LogP contribution in [0.1, 0.15) is 41.8 Å². The fraction of sp³-hybridized carbons (Fsp3) is 0.167. The molecule has 2 aromatic heterocycles. The number of carboxylic acids is 1. The van der Waals surface area contributed by atoms with Gasteiger partial charge in [0.1, 0.15) is 23.4 Å². The van der Waals surface area contributed by atoms with Gasteiger partial charge < -0.3 is 30.2 Å². The van der Waals surface area contributed by atoms with Gasteiger partial charge in [-0.15, -0.1) is 0 Å². The predicted molar refractivity (Wildman–Crippen MR) is 146 cm³/mol. The van der Waals surface area contributed by atoms with Crippen LogP contribution >= 0.6 is 0 Å². The van der Waals surface area contributed by atoms with Gasteiger partial charge in [0.2, 0.25) is 5.91 Å². The number of aliphatic carboxylic acids is 1. The minimum absolute atomic E-state index is 0.0277. The number of aliphatic hydroxyl groups excluding tert-OH is 1. The van der Waals surface area contributed by atoms with Crippen LogP contribution in [0, 0.1) is 0 Å². The Bertz CT molecular complexity index is 1640. The van der Waals surface area contributed by atoms with Crippen LogP contribution in [0.15, 0.2) is 79.1 Å². The van der Waals surface area contributed by atoms with Crippen molar-refractivity contribution >= 4 is 22.8 Å². The molecule has 2 heterocycles. The molecule has 0 spiro atoms. The summed E-state index contributed by atoms with van der Waals surface area (Å²) in [5.74, 6) is 0.802. The molecule has 0 aliphatic rings. The van der Waals surface area contributed by atoms with Gasteiger partial charge in [0.25, 0.3) is 0 Å². The molecule has 5 N–H and O–H groups in total. The molecule has 0 saturated carbocycles. The van der Waals surface area contributed by atoms with E-state index in [0.717, 1.165) is 27.6 Å². The van der Waals surface area contributed by atoms with Gasteiger partial charge in [0, 0.05) is 48.1 Å². The smallest absolute Gasteiger partial charge is 0.303 e. The number of hydrogen-bond acceptors (Lipinski definition) is 5. The lowest BCUT2D eigenvalue weighted by molar-refractivity contribution is -0.137. The highest BCUT2D eigenvalue weighted by molar-refractivity contribution is 5.86. The number of aryl methyl sites for hydroxylation is 1. The number of fused-ring (bicyclic) bond motifs is 1. The van der Waals surface area contributed by atoms with E-state index in [2.05, 4.69) is 20.3 Å². The number of ether oxygens (including phenoxy) is 1. The quantitative estimate of drug-likeness (QED) is 0.172. The van der Waals surface area contributed by atoms with Crippen molar-refractivity contribution in [1.82, 2.24) is 20.3 Å². The van der Waals surface area contributed by atoms with Crippen LogP contribution in [0.25, 0.3) is 22.3 Å². The van der Waals surface area contributed by atoms with Crippen molar-refractivity contribution in [2.45, 2.75) is 32.4 Å². The van der Waals surface area contributed by atoms with Crippen molar-refractivity contribution in [1.29, 1.82) is 0 Å². The maximum atomic E-state index is 11.6. The number of H-pyrrole nitrogens is 2. The highest BCUT2D eigenvalue weighted by Gasteiger charge is 2.16. The first kappa shape index (κ1) is 25.7. The van der Waals surface area contributed by atoms with E-state index in [1.54, 1.807) is 18.3 Å². The molecular weight excluding hydrogens is 496 g/mol. The van der Waals surface area contributed by atoms with Crippen LogP contribution in [-0.2, 0) is 22.6 Å².